The number of hydrogen-bond donors (Lipinski definition) is 3. The summed E-state index contributed by atoms with van der Waals surface area (Å²) in [5, 5.41) is 8.94. The van der Waals surface area contributed by atoms with Crippen molar-refractivity contribution in [1.82, 2.24) is 10.6 Å². The van der Waals surface area contributed by atoms with Crippen LogP contribution in [-0.4, -0.2) is 30.9 Å². The number of benzene rings is 1. The van der Waals surface area contributed by atoms with Crippen molar-refractivity contribution in [2.24, 2.45) is 0 Å². The third-order valence-electron chi connectivity index (χ3n) is 3.32. The van der Waals surface area contributed by atoms with Crippen molar-refractivity contribution < 1.29 is 9.59 Å². The highest BCUT2D eigenvalue weighted by Gasteiger charge is 2.20. The van der Waals surface area contributed by atoms with Crippen LogP contribution < -0.4 is 16.0 Å². The van der Waals surface area contributed by atoms with Crippen molar-refractivity contribution in [3.8, 4) is 0 Å². The van der Waals surface area contributed by atoms with Gasteiger partial charge < -0.3 is 16.0 Å². The largest absolute Gasteiger partial charge is 0.385 e. The van der Waals surface area contributed by atoms with Gasteiger partial charge in [0.2, 0.25) is 5.91 Å². The summed E-state index contributed by atoms with van der Waals surface area (Å²) >= 11 is 0. The van der Waals surface area contributed by atoms with E-state index in [-0.39, 0.29) is 17.9 Å². The van der Waals surface area contributed by atoms with E-state index in [9.17, 15) is 9.59 Å². The number of carbonyl (C=O) groups excluding carboxylic acids is 2. The number of rotatable bonds is 6. The van der Waals surface area contributed by atoms with E-state index in [1.165, 1.54) is 0 Å². The smallest absolute Gasteiger partial charge is 0.251 e. The van der Waals surface area contributed by atoms with Crippen LogP contribution in [0.1, 0.15) is 36.5 Å². The lowest BCUT2D eigenvalue weighted by Crippen LogP contribution is -2.38. The lowest BCUT2D eigenvalue weighted by molar-refractivity contribution is -0.119. The first-order valence-electron chi connectivity index (χ1n) is 7.10. The van der Waals surface area contributed by atoms with Gasteiger partial charge in [0, 0.05) is 36.8 Å². The van der Waals surface area contributed by atoms with E-state index >= 15 is 0 Å². The third kappa shape index (κ3) is 3.98. The van der Waals surface area contributed by atoms with E-state index in [0.29, 0.717) is 18.5 Å². The molecule has 0 aliphatic carbocycles. The quantitative estimate of drug-likeness (QED) is 0.737. The summed E-state index contributed by atoms with van der Waals surface area (Å²) in [6.07, 6.45) is 2.41. The molecule has 1 fully saturated rings. The molecule has 0 saturated carbocycles. The second-order valence-corrected chi connectivity index (χ2v) is 5.02. The number of anilines is 1. The second kappa shape index (κ2) is 6.93. The monoisotopic (exact) mass is 275 g/mol. The molecule has 1 aromatic rings. The van der Waals surface area contributed by atoms with Gasteiger partial charge in [0.25, 0.3) is 5.91 Å². The predicted molar refractivity (Wildman–Crippen MR) is 78.7 cm³/mol. The van der Waals surface area contributed by atoms with Gasteiger partial charge in [-0.25, -0.2) is 0 Å². The number of amides is 2. The van der Waals surface area contributed by atoms with Gasteiger partial charge in [-0.05, 0) is 37.1 Å². The molecule has 20 heavy (non-hydrogen) atoms. The van der Waals surface area contributed by atoms with Crippen LogP contribution in [0.15, 0.2) is 24.3 Å². The summed E-state index contributed by atoms with van der Waals surface area (Å²) in [5.41, 5.74) is 1.66. The predicted octanol–water partition coefficient (Wildman–Crippen LogP) is 1.52. The molecule has 5 heteroatoms. The third-order valence-corrected chi connectivity index (χ3v) is 3.32. The van der Waals surface area contributed by atoms with Gasteiger partial charge >= 0.3 is 0 Å². The van der Waals surface area contributed by atoms with Crippen molar-refractivity contribution in [3.05, 3.63) is 29.8 Å². The first-order chi connectivity index (χ1) is 9.69. The van der Waals surface area contributed by atoms with E-state index in [4.69, 9.17) is 0 Å². The zero-order valence-electron chi connectivity index (χ0n) is 11.7. The molecule has 3 N–H and O–H groups in total. The molecule has 0 aromatic heterocycles. The maximum Gasteiger partial charge on any atom is 0.251 e. The minimum atomic E-state index is -0.104. The van der Waals surface area contributed by atoms with Gasteiger partial charge in [-0.1, -0.05) is 6.92 Å². The number of nitrogens with one attached hydrogen (secondary N) is 3. The van der Waals surface area contributed by atoms with Crippen LogP contribution in [0, 0.1) is 0 Å². The molecule has 5 nitrogen and oxygen atoms in total. The minimum Gasteiger partial charge on any atom is -0.385 e. The van der Waals surface area contributed by atoms with E-state index in [2.05, 4.69) is 22.9 Å². The summed E-state index contributed by atoms with van der Waals surface area (Å²) in [4.78, 5) is 23.0. The van der Waals surface area contributed by atoms with Crippen molar-refractivity contribution in [3.63, 3.8) is 0 Å². The lowest BCUT2D eigenvalue weighted by atomic mass is 10.1. The molecule has 0 spiro atoms. The highest BCUT2D eigenvalue weighted by atomic mass is 16.2. The molecule has 1 aliphatic rings. The number of carbonyl (C=O) groups is 2. The molecular weight excluding hydrogens is 254 g/mol. The SMILES string of the molecule is CCCNc1ccc(C(=O)NCC2CCC(=O)N2)cc1. The molecule has 1 saturated heterocycles. The molecule has 1 aromatic carbocycles. The summed E-state index contributed by atoms with van der Waals surface area (Å²) in [6.45, 7) is 3.52. The van der Waals surface area contributed by atoms with Crippen LogP contribution >= 0.6 is 0 Å². The number of hydrogen-bond acceptors (Lipinski definition) is 3. The van der Waals surface area contributed by atoms with Crippen LogP contribution in [0.2, 0.25) is 0 Å². The van der Waals surface area contributed by atoms with Crippen molar-refractivity contribution in [1.29, 1.82) is 0 Å². The van der Waals surface area contributed by atoms with Crippen LogP contribution in [0.25, 0.3) is 0 Å². The van der Waals surface area contributed by atoms with E-state index < -0.39 is 0 Å². The second-order valence-electron chi connectivity index (χ2n) is 5.02. The summed E-state index contributed by atoms with van der Waals surface area (Å²) in [7, 11) is 0. The van der Waals surface area contributed by atoms with Crippen molar-refractivity contribution in [2.75, 3.05) is 18.4 Å². The fourth-order valence-electron chi connectivity index (χ4n) is 2.16. The van der Waals surface area contributed by atoms with E-state index in [0.717, 1.165) is 25.1 Å². The van der Waals surface area contributed by atoms with Crippen LogP contribution in [0.4, 0.5) is 5.69 Å². The van der Waals surface area contributed by atoms with Crippen LogP contribution in [0.5, 0.6) is 0 Å². The van der Waals surface area contributed by atoms with Gasteiger partial charge in [-0.15, -0.1) is 0 Å². The minimum absolute atomic E-state index is 0.0654. The van der Waals surface area contributed by atoms with Crippen molar-refractivity contribution in [2.45, 2.75) is 32.2 Å². The molecule has 0 bridgehead atoms. The van der Waals surface area contributed by atoms with Gasteiger partial charge in [-0.3, -0.25) is 9.59 Å². The normalized spacial score (nSPS) is 17.6. The Hall–Kier alpha value is -2.04. The molecule has 2 rings (SSSR count). The van der Waals surface area contributed by atoms with Gasteiger partial charge in [-0.2, -0.15) is 0 Å². The fourth-order valence-corrected chi connectivity index (χ4v) is 2.16. The van der Waals surface area contributed by atoms with E-state index in [1.807, 2.05) is 12.1 Å². The lowest BCUT2D eigenvalue weighted by Gasteiger charge is -2.11. The first kappa shape index (κ1) is 14.4. The standard InChI is InChI=1S/C15H21N3O2/c1-2-9-16-12-5-3-11(4-6-12)15(20)17-10-13-7-8-14(19)18-13/h3-6,13,16H,2,7-10H2,1H3,(H,17,20)(H,18,19). The Morgan fingerprint density at radius 1 is 1.35 bits per heavy atom. The maximum absolute atomic E-state index is 12.0. The maximum atomic E-state index is 12.0. The fraction of sp³-hybridized carbons (Fsp3) is 0.467. The zero-order valence-corrected chi connectivity index (χ0v) is 11.7. The molecule has 1 aliphatic heterocycles. The van der Waals surface area contributed by atoms with Crippen LogP contribution in [0.3, 0.4) is 0 Å². The first-order valence-corrected chi connectivity index (χ1v) is 7.10. The molecule has 0 radical (unpaired) electrons. The average molecular weight is 275 g/mol. The van der Waals surface area contributed by atoms with Gasteiger partial charge in [0.05, 0.1) is 0 Å². The average Bonchev–Trinajstić information content (AvgIpc) is 2.89. The van der Waals surface area contributed by atoms with Crippen molar-refractivity contribution >= 4 is 17.5 Å². The van der Waals surface area contributed by atoms with Gasteiger partial charge in [0.15, 0.2) is 0 Å². The highest BCUT2D eigenvalue weighted by Crippen LogP contribution is 2.10. The molecule has 1 unspecified atom stereocenters. The molecule has 1 heterocycles. The Labute approximate surface area is 119 Å². The summed E-state index contributed by atoms with van der Waals surface area (Å²) in [6, 6.07) is 7.49. The zero-order chi connectivity index (χ0) is 14.4. The summed E-state index contributed by atoms with van der Waals surface area (Å²) in [5.74, 6) is -0.0382. The Morgan fingerprint density at radius 2 is 2.10 bits per heavy atom. The van der Waals surface area contributed by atoms with E-state index in [1.54, 1.807) is 12.1 Å². The Morgan fingerprint density at radius 3 is 2.70 bits per heavy atom. The Kier molecular flexibility index (Phi) is 4.98. The Bertz CT molecular complexity index is 471. The Balaban J connectivity index is 1.81. The van der Waals surface area contributed by atoms with Gasteiger partial charge in [0.1, 0.15) is 0 Å². The highest BCUT2D eigenvalue weighted by molar-refractivity contribution is 5.94. The molecule has 1 atom stereocenters. The molecule has 108 valence electrons. The topological polar surface area (TPSA) is 70.2 Å². The summed E-state index contributed by atoms with van der Waals surface area (Å²) < 4.78 is 0. The molecule has 2 amide bonds. The molecular formula is C15H21N3O2. The van der Waals surface area contributed by atoms with Crippen LogP contribution in [-0.2, 0) is 4.79 Å².